The van der Waals surface area contributed by atoms with Crippen molar-refractivity contribution in [2.75, 3.05) is 19.8 Å². The van der Waals surface area contributed by atoms with Crippen molar-refractivity contribution in [1.29, 1.82) is 0 Å². The summed E-state index contributed by atoms with van der Waals surface area (Å²) in [7, 11) is 0. The molecule has 0 aliphatic rings. The van der Waals surface area contributed by atoms with Crippen LogP contribution in [0.25, 0.3) is 0 Å². The van der Waals surface area contributed by atoms with Crippen LogP contribution in [0.4, 0.5) is 0 Å². The van der Waals surface area contributed by atoms with Crippen LogP contribution < -0.4 is 14.8 Å². The SMILES string of the molecule is CCOc1ccc(OCCNC(=O)Cc2ccc(Cl)cc2Cl)cc1. The zero-order valence-electron chi connectivity index (χ0n) is 13.4. The molecule has 1 N–H and O–H groups in total. The van der Waals surface area contributed by atoms with E-state index in [9.17, 15) is 4.79 Å². The van der Waals surface area contributed by atoms with Gasteiger partial charge in [0.2, 0.25) is 5.91 Å². The minimum atomic E-state index is -0.116. The van der Waals surface area contributed by atoms with E-state index < -0.39 is 0 Å². The Balaban J connectivity index is 1.70. The van der Waals surface area contributed by atoms with Gasteiger partial charge in [0.05, 0.1) is 19.6 Å². The molecule has 24 heavy (non-hydrogen) atoms. The Labute approximate surface area is 151 Å². The molecule has 0 saturated carbocycles. The first-order chi connectivity index (χ1) is 11.6. The normalized spacial score (nSPS) is 10.3. The highest BCUT2D eigenvalue weighted by molar-refractivity contribution is 6.35. The summed E-state index contributed by atoms with van der Waals surface area (Å²) in [5, 5.41) is 3.83. The van der Waals surface area contributed by atoms with E-state index in [1.54, 1.807) is 18.2 Å². The van der Waals surface area contributed by atoms with Gasteiger partial charge >= 0.3 is 0 Å². The molecule has 0 heterocycles. The fraction of sp³-hybridized carbons (Fsp3) is 0.278. The third-order valence-electron chi connectivity index (χ3n) is 3.19. The van der Waals surface area contributed by atoms with Crippen molar-refractivity contribution in [3.8, 4) is 11.5 Å². The quantitative estimate of drug-likeness (QED) is 0.713. The molecule has 0 spiro atoms. The molecule has 0 aliphatic heterocycles. The maximum atomic E-state index is 11.9. The molecular weight excluding hydrogens is 349 g/mol. The van der Waals surface area contributed by atoms with Crippen LogP contribution in [0.15, 0.2) is 42.5 Å². The van der Waals surface area contributed by atoms with Crippen molar-refractivity contribution in [2.24, 2.45) is 0 Å². The predicted molar refractivity (Wildman–Crippen MR) is 96.3 cm³/mol. The molecular formula is C18H19Cl2NO3. The van der Waals surface area contributed by atoms with Crippen LogP contribution in [0.2, 0.25) is 10.0 Å². The second kappa shape index (κ2) is 9.40. The van der Waals surface area contributed by atoms with Crippen LogP contribution in [0.3, 0.4) is 0 Å². The van der Waals surface area contributed by atoms with Crippen molar-refractivity contribution in [3.63, 3.8) is 0 Å². The summed E-state index contributed by atoms with van der Waals surface area (Å²) in [5.74, 6) is 1.42. The lowest BCUT2D eigenvalue weighted by molar-refractivity contribution is -0.120. The number of halogens is 2. The summed E-state index contributed by atoms with van der Waals surface area (Å²) in [5.41, 5.74) is 0.742. The van der Waals surface area contributed by atoms with E-state index in [2.05, 4.69) is 5.32 Å². The summed E-state index contributed by atoms with van der Waals surface area (Å²) in [6.45, 7) is 3.36. The minimum Gasteiger partial charge on any atom is -0.494 e. The van der Waals surface area contributed by atoms with Crippen LogP contribution in [-0.4, -0.2) is 25.7 Å². The zero-order valence-corrected chi connectivity index (χ0v) is 14.9. The number of amides is 1. The number of rotatable bonds is 8. The lowest BCUT2D eigenvalue weighted by Gasteiger charge is -2.09. The van der Waals surface area contributed by atoms with Crippen molar-refractivity contribution in [3.05, 3.63) is 58.1 Å². The zero-order chi connectivity index (χ0) is 17.4. The Hall–Kier alpha value is -1.91. The molecule has 0 atom stereocenters. The highest BCUT2D eigenvalue weighted by Crippen LogP contribution is 2.21. The van der Waals surface area contributed by atoms with Crippen molar-refractivity contribution in [1.82, 2.24) is 5.32 Å². The maximum absolute atomic E-state index is 11.9. The summed E-state index contributed by atoms with van der Waals surface area (Å²) >= 11 is 11.9. The van der Waals surface area contributed by atoms with Crippen LogP contribution in [0.1, 0.15) is 12.5 Å². The van der Waals surface area contributed by atoms with Gasteiger partial charge in [0.25, 0.3) is 0 Å². The molecule has 1 amide bonds. The number of hydrogen-bond acceptors (Lipinski definition) is 3. The average molecular weight is 368 g/mol. The first-order valence-electron chi connectivity index (χ1n) is 7.64. The van der Waals surface area contributed by atoms with Crippen molar-refractivity contribution >= 4 is 29.1 Å². The minimum absolute atomic E-state index is 0.116. The van der Waals surface area contributed by atoms with Gasteiger partial charge < -0.3 is 14.8 Å². The van der Waals surface area contributed by atoms with Crippen LogP contribution in [0, 0.1) is 0 Å². The second-order valence-corrected chi connectivity index (χ2v) is 5.86. The Bertz CT molecular complexity index is 674. The van der Waals surface area contributed by atoms with E-state index in [-0.39, 0.29) is 12.3 Å². The highest BCUT2D eigenvalue weighted by atomic mass is 35.5. The summed E-state index contributed by atoms with van der Waals surface area (Å²) in [6, 6.07) is 12.5. The summed E-state index contributed by atoms with van der Waals surface area (Å²) in [4.78, 5) is 11.9. The number of ether oxygens (including phenoxy) is 2. The van der Waals surface area contributed by atoms with Gasteiger partial charge in [-0.25, -0.2) is 0 Å². The standard InChI is InChI=1S/C18H19Cl2NO3/c1-2-23-15-5-7-16(8-6-15)24-10-9-21-18(22)11-13-3-4-14(19)12-17(13)20/h3-8,12H,2,9-11H2,1H3,(H,21,22). The number of carbonyl (C=O) groups is 1. The van der Waals surface area contributed by atoms with Gasteiger partial charge in [-0.3, -0.25) is 4.79 Å². The third-order valence-corrected chi connectivity index (χ3v) is 3.78. The molecule has 0 saturated heterocycles. The summed E-state index contributed by atoms with van der Waals surface area (Å²) < 4.78 is 10.9. The largest absolute Gasteiger partial charge is 0.494 e. The van der Waals surface area contributed by atoms with Crippen molar-refractivity contribution in [2.45, 2.75) is 13.3 Å². The van der Waals surface area contributed by atoms with E-state index in [4.69, 9.17) is 32.7 Å². The monoisotopic (exact) mass is 367 g/mol. The maximum Gasteiger partial charge on any atom is 0.224 e. The van der Waals surface area contributed by atoms with Crippen LogP contribution >= 0.6 is 23.2 Å². The molecule has 4 nitrogen and oxygen atoms in total. The van der Waals surface area contributed by atoms with Gasteiger partial charge in [0, 0.05) is 10.0 Å². The van der Waals surface area contributed by atoms with Gasteiger partial charge in [0.15, 0.2) is 0 Å². The molecule has 0 aliphatic carbocycles. The molecule has 0 fully saturated rings. The van der Waals surface area contributed by atoms with Gasteiger partial charge in [0.1, 0.15) is 18.1 Å². The van der Waals surface area contributed by atoms with E-state index in [1.165, 1.54) is 0 Å². The lowest BCUT2D eigenvalue weighted by atomic mass is 10.1. The van der Waals surface area contributed by atoms with Crippen LogP contribution in [-0.2, 0) is 11.2 Å². The first-order valence-corrected chi connectivity index (χ1v) is 8.40. The molecule has 0 unspecified atom stereocenters. The fourth-order valence-electron chi connectivity index (χ4n) is 2.06. The Morgan fingerprint density at radius 1 is 1.04 bits per heavy atom. The lowest BCUT2D eigenvalue weighted by Crippen LogP contribution is -2.29. The van der Waals surface area contributed by atoms with Crippen molar-refractivity contribution < 1.29 is 14.3 Å². The molecule has 0 radical (unpaired) electrons. The molecule has 6 heteroatoms. The molecule has 128 valence electrons. The van der Waals surface area contributed by atoms with E-state index in [0.717, 1.165) is 17.1 Å². The highest BCUT2D eigenvalue weighted by Gasteiger charge is 2.07. The van der Waals surface area contributed by atoms with Gasteiger partial charge in [-0.1, -0.05) is 29.3 Å². The number of nitrogens with one attached hydrogen (secondary N) is 1. The topological polar surface area (TPSA) is 47.6 Å². The smallest absolute Gasteiger partial charge is 0.224 e. The van der Waals surface area contributed by atoms with E-state index in [1.807, 2.05) is 31.2 Å². The Morgan fingerprint density at radius 2 is 1.71 bits per heavy atom. The van der Waals surface area contributed by atoms with Gasteiger partial charge in [-0.05, 0) is 48.9 Å². The van der Waals surface area contributed by atoms with E-state index >= 15 is 0 Å². The number of benzene rings is 2. The third kappa shape index (κ3) is 5.95. The summed E-state index contributed by atoms with van der Waals surface area (Å²) in [6.07, 6.45) is 0.207. The first kappa shape index (κ1) is 18.4. The molecule has 2 rings (SSSR count). The van der Waals surface area contributed by atoms with Gasteiger partial charge in [-0.2, -0.15) is 0 Å². The second-order valence-electron chi connectivity index (χ2n) is 5.02. The molecule has 2 aromatic carbocycles. The number of carbonyl (C=O) groups excluding carboxylic acids is 1. The van der Waals surface area contributed by atoms with Gasteiger partial charge in [-0.15, -0.1) is 0 Å². The Morgan fingerprint density at radius 3 is 2.33 bits per heavy atom. The van der Waals surface area contributed by atoms with Crippen LogP contribution in [0.5, 0.6) is 11.5 Å². The fourth-order valence-corrected chi connectivity index (χ4v) is 2.53. The Kier molecular flexibility index (Phi) is 7.22. The number of hydrogen-bond donors (Lipinski definition) is 1. The molecule has 0 bridgehead atoms. The van der Waals surface area contributed by atoms with E-state index in [0.29, 0.717) is 29.8 Å². The predicted octanol–water partition coefficient (Wildman–Crippen LogP) is 4.13. The average Bonchev–Trinajstić information content (AvgIpc) is 2.56. The molecule has 0 aromatic heterocycles. The molecule has 2 aromatic rings.